The van der Waals surface area contributed by atoms with Gasteiger partial charge in [0.15, 0.2) is 0 Å². The predicted molar refractivity (Wildman–Crippen MR) is 73.9 cm³/mol. The Labute approximate surface area is 121 Å². The Morgan fingerprint density at radius 3 is 2.60 bits per heavy atom. The van der Waals surface area contributed by atoms with Crippen LogP contribution in [0.3, 0.4) is 0 Å². The van der Waals surface area contributed by atoms with Crippen molar-refractivity contribution in [3.63, 3.8) is 0 Å². The predicted octanol–water partition coefficient (Wildman–Crippen LogP) is 1.66. The number of nitrogens with one attached hydrogen (secondary N) is 2. The standard InChI is InChI=1S/C14H16ClFN2O2/c15-11-2-1-3-12(16)10(11)8-13(19)17-6-7-18-14(20)9-4-5-9/h1-3,9H,4-8H2,(H,17,19)(H,18,20). The molecule has 1 aromatic carbocycles. The number of hydrogen-bond donors (Lipinski definition) is 2. The summed E-state index contributed by atoms with van der Waals surface area (Å²) in [6, 6.07) is 4.31. The van der Waals surface area contributed by atoms with Crippen LogP contribution in [0.15, 0.2) is 18.2 Å². The highest BCUT2D eigenvalue weighted by atomic mass is 35.5. The zero-order valence-corrected chi connectivity index (χ0v) is 11.7. The van der Waals surface area contributed by atoms with Crippen LogP contribution in [0.25, 0.3) is 0 Å². The zero-order chi connectivity index (χ0) is 14.5. The van der Waals surface area contributed by atoms with Crippen molar-refractivity contribution in [1.29, 1.82) is 0 Å². The smallest absolute Gasteiger partial charge is 0.224 e. The molecule has 0 spiro atoms. The van der Waals surface area contributed by atoms with Crippen molar-refractivity contribution in [3.8, 4) is 0 Å². The largest absolute Gasteiger partial charge is 0.354 e. The van der Waals surface area contributed by atoms with Gasteiger partial charge in [-0.15, -0.1) is 0 Å². The molecule has 1 aliphatic rings. The Balaban J connectivity index is 1.71. The van der Waals surface area contributed by atoms with Gasteiger partial charge in [0.1, 0.15) is 5.82 Å². The molecule has 1 aliphatic carbocycles. The molecule has 0 radical (unpaired) electrons. The van der Waals surface area contributed by atoms with E-state index in [1.807, 2.05) is 0 Å². The molecule has 2 amide bonds. The van der Waals surface area contributed by atoms with Gasteiger partial charge in [-0.05, 0) is 25.0 Å². The van der Waals surface area contributed by atoms with Crippen molar-refractivity contribution in [2.45, 2.75) is 19.3 Å². The van der Waals surface area contributed by atoms with E-state index in [1.54, 1.807) is 6.07 Å². The number of carbonyl (C=O) groups is 2. The number of rotatable bonds is 6. The molecule has 1 saturated carbocycles. The van der Waals surface area contributed by atoms with Gasteiger partial charge in [-0.1, -0.05) is 17.7 Å². The maximum Gasteiger partial charge on any atom is 0.224 e. The van der Waals surface area contributed by atoms with E-state index >= 15 is 0 Å². The quantitative estimate of drug-likeness (QED) is 0.785. The molecule has 0 aromatic heterocycles. The maximum atomic E-state index is 13.5. The summed E-state index contributed by atoms with van der Waals surface area (Å²) in [5, 5.41) is 5.59. The van der Waals surface area contributed by atoms with E-state index in [4.69, 9.17) is 11.6 Å². The van der Waals surface area contributed by atoms with Crippen LogP contribution in [0.1, 0.15) is 18.4 Å². The van der Waals surface area contributed by atoms with E-state index < -0.39 is 5.82 Å². The highest BCUT2D eigenvalue weighted by Crippen LogP contribution is 2.28. The molecule has 1 aromatic rings. The molecule has 0 heterocycles. The van der Waals surface area contributed by atoms with Crippen LogP contribution in [-0.2, 0) is 16.0 Å². The van der Waals surface area contributed by atoms with Crippen LogP contribution in [0, 0.1) is 11.7 Å². The van der Waals surface area contributed by atoms with Crippen molar-refractivity contribution in [1.82, 2.24) is 10.6 Å². The Morgan fingerprint density at radius 2 is 1.95 bits per heavy atom. The van der Waals surface area contributed by atoms with E-state index in [2.05, 4.69) is 10.6 Å². The second-order valence-electron chi connectivity index (χ2n) is 4.79. The Bertz CT molecular complexity index is 498. The minimum absolute atomic E-state index is 0.0383. The highest BCUT2D eigenvalue weighted by Gasteiger charge is 2.28. The molecule has 0 unspecified atom stereocenters. The molecule has 6 heteroatoms. The molecular weight excluding hydrogens is 283 g/mol. The first-order chi connectivity index (χ1) is 9.58. The highest BCUT2D eigenvalue weighted by molar-refractivity contribution is 6.31. The summed E-state index contributed by atoms with van der Waals surface area (Å²) < 4.78 is 13.5. The third kappa shape index (κ3) is 4.20. The third-order valence-electron chi connectivity index (χ3n) is 3.09. The van der Waals surface area contributed by atoms with Gasteiger partial charge in [0.25, 0.3) is 0 Å². The lowest BCUT2D eigenvalue weighted by molar-refractivity contribution is -0.123. The average Bonchev–Trinajstić information content (AvgIpc) is 3.23. The monoisotopic (exact) mass is 298 g/mol. The van der Waals surface area contributed by atoms with Crippen molar-refractivity contribution >= 4 is 23.4 Å². The van der Waals surface area contributed by atoms with Gasteiger partial charge in [0.2, 0.25) is 11.8 Å². The van der Waals surface area contributed by atoms with Crippen LogP contribution in [-0.4, -0.2) is 24.9 Å². The molecular formula is C14H16ClFN2O2. The van der Waals surface area contributed by atoms with E-state index in [1.165, 1.54) is 12.1 Å². The molecule has 108 valence electrons. The van der Waals surface area contributed by atoms with Crippen LogP contribution < -0.4 is 10.6 Å². The van der Waals surface area contributed by atoms with Crippen LogP contribution in [0.4, 0.5) is 4.39 Å². The number of amides is 2. The molecule has 0 atom stereocenters. The Morgan fingerprint density at radius 1 is 1.25 bits per heavy atom. The lowest BCUT2D eigenvalue weighted by Crippen LogP contribution is -2.36. The van der Waals surface area contributed by atoms with Crippen LogP contribution in [0.5, 0.6) is 0 Å². The van der Waals surface area contributed by atoms with Gasteiger partial charge < -0.3 is 10.6 Å². The fourth-order valence-electron chi connectivity index (χ4n) is 1.80. The molecule has 2 rings (SSSR count). The van der Waals surface area contributed by atoms with E-state index in [9.17, 15) is 14.0 Å². The van der Waals surface area contributed by atoms with Crippen molar-refractivity contribution < 1.29 is 14.0 Å². The van der Waals surface area contributed by atoms with Crippen LogP contribution in [0.2, 0.25) is 5.02 Å². The first-order valence-corrected chi connectivity index (χ1v) is 6.93. The van der Waals surface area contributed by atoms with Gasteiger partial charge in [-0.25, -0.2) is 4.39 Å². The molecule has 4 nitrogen and oxygen atoms in total. The summed E-state index contributed by atoms with van der Waals surface area (Å²) >= 11 is 5.84. The first kappa shape index (κ1) is 14.8. The fraction of sp³-hybridized carbons (Fsp3) is 0.429. The Kier molecular flexibility index (Phi) is 4.95. The normalized spacial score (nSPS) is 13.9. The third-order valence-corrected chi connectivity index (χ3v) is 3.45. The van der Waals surface area contributed by atoms with E-state index in [0.717, 1.165) is 12.8 Å². The van der Waals surface area contributed by atoms with E-state index in [0.29, 0.717) is 13.1 Å². The molecule has 20 heavy (non-hydrogen) atoms. The number of halogens is 2. The lowest BCUT2D eigenvalue weighted by atomic mass is 10.1. The van der Waals surface area contributed by atoms with Crippen LogP contribution >= 0.6 is 11.6 Å². The summed E-state index contributed by atoms with van der Waals surface area (Å²) in [7, 11) is 0. The molecule has 1 fully saturated rings. The Hall–Kier alpha value is -1.62. The molecule has 0 bridgehead atoms. The topological polar surface area (TPSA) is 58.2 Å². The summed E-state index contributed by atoms with van der Waals surface area (Å²) in [6.45, 7) is 0.704. The van der Waals surface area contributed by atoms with E-state index in [-0.39, 0.29) is 34.7 Å². The van der Waals surface area contributed by atoms with Crippen molar-refractivity contribution in [2.75, 3.05) is 13.1 Å². The second-order valence-corrected chi connectivity index (χ2v) is 5.20. The summed E-state index contributed by atoms with van der Waals surface area (Å²) in [5.41, 5.74) is 0.189. The van der Waals surface area contributed by atoms with Gasteiger partial charge in [0.05, 0.1) is 6.42 Å². The van der Waals surface area contributed by atoms with Crippen molar-refractivity contribution in [3.05, 3.63) is 34.6 Å². The van der Waals surface area contributed by atoms with Gasteiger partial charge in [0, 0.05) is 29.6 Å². The maximum absolute atomic E-state index is 13.5. The molecule has 2 N–H and O–H groups in total. The molecule has 0 aliphatic heterocycles. The lowest BCUT2D eigenvalue weighted by Gasteiger charge is -2.08. The minimum Gasteiger partial charge on any atom is -0.354 e. The summed E-state index contributed by atoms with van der Waals surface area (Å²) in [5.74, 6) is -0.619. The summed E-state index contributed by atoms with van der Waals surface area (Å²) in [4.78, 5) is 23.0. The molecule has 0 saturated heterocycles. The SMILES string of the molecule is O=C(Cc1c(F)cccc1Cl)NCCNC(=O)C1CC1. The number of carbonyl (C=O) groups excluding carboxylic acids is 2. The minimum atomic E-state index is -0.491. The van der Waals surface area contributed by atoms with Crippen molar-refractivity contribution in [2.24, 2.45) is 5.92 Å². The van der Waals surface area contributed by atoms with Gasteiger partial charge in [-0.3, -0.25) is 9.59 Å². The number of hydrogen-bond acceptors (Lipinski definition) is 2. The van der Waals surface area contributed by atoms with Gasteiger partial charge in [-0.2, -0.15) is 0 Å². The number of benzene rings is 1. The van der Waals surface area contributed by atoms with Gasteiger partial charge >= 0.3 is 0 Å². The summed E-state index contributed by atoms with van der Waals surface area (Å²) in [6.07, 6.45) is 1.79. The fourth-order valence-corrected chi connectivity index (χ4v) is 2.03. The second kappa shape index (κ2) is 6.70. The first-order valence-electron chi connectivity index (χ1n) is 6.55. The average molecular weight is 299 g/mol. The zero-order valence-electron chi connectivity index (χ0n) is 10.9.